The van der Waals surface area contributed by atoms with Gasteiger partial charge in [0.25, 0.3) is 5.69 Å². The number of anilines is 2. The summed E-state index contributed by atoms with van der Waals surface area (Å²) in [5.74, 6) is 0.524. The van der Waals surface area contributed by atoms with E-state index in [2.05, 4.69) is 4.98 Å². The van der Waals surface area contributed by atoms with Crippen molar-refractivity contribution in [3.05, 3.63) is 45.5 Å². The van der Waals surface area contributed by atoms with Crippen molar-refractivity contribution in [2.75, 3.05) is 4.90 Å². The van der Waals surface area contributed by atoms with Gasteiger partial charge in [-0.25, -0.2) is 14.7 Å². The van der Waals surface area contributed by atoms with Gasteiger partial charge in [-0.15, -0.1) is 11.3 Å². The number of nitro benzene ring substituents is 1. The lowest BCUT2D eigenvalue weighted by atomic mass is 10.2. The molecule has 1 aliphatic rings. The molecule has 0 atom stereocenters. The van der Waals surface area contributed by atoms with Gasteiger partial charge in [-0.3, -0.25) is 10.1 Å². The third kappa shape index (κ3) is 2.70. The van der Waals surface area contributed by atoms with Crippen molar-refractivity contribution in [3.8, 4) is 0 Å². The lowest BCUT2D eigenvalue weighted by molar-refractivity contribution is -0.384. The average molecular weight is 304 g/mol. The van der Waals surface area contributed by atoms with Crippen LogP contribution < -0.4 is 10.6 Å². The van der Waals surface area contributed by atoms with Crippen LogP contribution in [0.15, 0.2) is 30.5 Å². The molecule has 0 radical (unpaired) electrons. The molecule has 0 bridgehead atoms. The van der Waals surface area contributed by atoms with Gasteiger partial charge < -0.3 is 5.73 Å². The summed E-state index contributed by atoms with van der Waals surface area (Å²) >= 11 is 1.39. The Balaban J connectivity index is 1.98. The Bertz CT molecular complexity index is 711. The number of aromatic nitrogens is 1. The predicted molar refractivity (Wildman–Crippen MR) is 78.9 cm³/mol. The van der Waals surface area contributed by atoms with Gasteiger partial charge in [0.05, 0.1) is 10.6 Å². The number of nitrogens with two attached hydrogens (primary N) is 1. The van der Waals surface area contributed by atoms with Crippen LogP contribution in [0, 0.1) is 10.1 Å². The minimum absolute atomic E-state index is 0.0993. The molecule has 2 N–H and O–H groups in total. The number of carbonyl (C=O) groups excluding carboxylic acids is 1. The van der Waals surface area contributed by atoms with Crippen LogP contribution >= 0.6 is 11.3 Å². The molecule has 1 heterocycles. The van der Waals surface area contributed by atoms with Crippen molar-refractivity contribution in [2.45, 2.75) is 18.8 Å². The van der Waals surface area contributed by atoms with Crippen molar-refractivity contribution in [1.82, 2.24) is 4.98 Å². The van der Waals surface area contributed by atoms with Crippen molar-refractivity contribution >= 4 is 33.9 Å². The van der Waals surface area contributed by atoms with E-state index in [4.69, 9.17) is 5.73 Å². The zero-order valence-corrected chi connectivity index (χ0v) is 11.7. The highest BCUT2D eigenvalue weighted by Gasteiger charge is 2.28. The van der Waals surface area contributed by atoms with Crippen LogP contribution in [0.2, 0.25) is 0 Å². The van der Waals surface area contributed by atoms with Gasteiger partial charge in [0, 0.05) is 23.2 Å². The number of carbonyl (C=O) groups is 1. The fourth-order valence-corrected chi connectivity index (χ4v) is 3.13. The second-order valence-corrected chi connectivity index (χ2v) is 5.81. The van der Waals surface area contributed by atoms with E-state index in [0.29, 0.717) is 16.7 Å². The first-order valence-corrected chi connectivity index (χ1v) is 7.17. The maximum atomic E-state index is 11.7. The maximum Gasteiger partial charge on any atom is 0.325 e. The van der Waals surface area contributed by atoms with E-state index >= 15 is 0 Å². The van der Waals surface area contributed by atoms with E-state index in [1.807, 2.05) is 0 Å². The van der Waals surface area contributed by atoms with Gasteiger partial charge >= 0.3 is 6.03 Å². The minimum Gasteiger partial charge on any atom is -0.351 e. The monoisotopic (exact) mass is 304 g/mol. The highest BCUT2D eigenvalue weighted by atomic mass is 32.1. The van der Waals surface area contributed by atoms with Crippen LogP contribution in [-0.2, 0) is 0 Å². The number of nitro groups is 1. The molecule has 0 aliphatic heterocycles. The number of thiazole rings is 1. The fraction of sp³-hybridized carbons (Fsp3) is 0.231. The van der Waals surface area contributed by atoms with Crippen molar-refractivity contribution in [3.63, 3.8) is 0 Å². The molecule has 2 amide bonds. The average Bonchev–Trinajstić information content (AvgIpc) is 3.19. The molecular formula is C13H12N4O3S. The van der Waals surface area contributed by atoms with Gasteiger partial charge in [-0.1, -0.05) is 6.07 Å². The second kappa shape index (κ2) is 5.13. The first-order valence-electron chi connectivity index (χ1n) is 6.36. The minimum atomic E-state index is -0.716. The molecule has 21 heavy (non-hydrogen) atoms. The molecule has 7 nitrogen and oxygen atoms in total. The summed E-state index contributed by atoms with van der Waals surface area (Å²) in [7, 11) is 0. The molecule has 8 heteroatoms. The summed E-state index contributed by atoms with van der Waals surface area (Å²) < 4.78 is 0. The number of primary amides is 1. The molecule has 3 rings (SSSR count). The highest BCUT2D eigenvalue weighted by molar-refractivity contribution is 7.16. The third-order valence-corrected chi connectivity index (χ3v) is 4.35. The van der Waals surface area contributed by atoms with Crippen molar-refractivity contribution < 1.29 is 9.72 Å². The molecule has 1 aromatic carbocycles. The first kappa shape index (κ1) is 13.5. The summed E-state index contributed by atoms with van der Waals surface area (Å²) in [5.41, 5.74) is 5.65. The normalized spacial score (nSPS) is 13.9. The largest absolute Gasteiger partial charge is 0.351 e. The summed E-state index contributed by atoms with van der Waals surface area (Å²) in [6.07, 6.45) is 4.01. The van der Waals surface area contributed by atoms with Gasteiger partial charge in [0.1, 0.15) is 0 Å². The van der Waals surface area contributed by atoms with Crippen LogP contribution in [0.5, 0.6) is 0 Å². The Hall–Kier alpha value is -2.48. The molecule has 1 fully saturated rings. The maximum absolute atomic E-state index is 11.7. The van der Waals surface area contributed by atoms with E-state index in [1.165, 1.54) is 34.4 Å². The number of rotatable bonds is 4. The number of amides is 2. The SMILES string of the molecule is NC(=O)N(c1cccc([N+](=O)[O-])c1)c1ncc(C2CC2)s1. The van der Waals surface area contributed by atoms with Crippen LogP contribution in [0.3, 0.4) is 0 Å². The third-order valence-electron chi connectivity index (χ3n) is 3.20. The fourth-order valence-electron chi connectivity index (χ4n) is 2.01. The standard InChI is InChI=1S/C13H12N4O3S/c14-12(18)16(9-2-1-3-10(6-9)17(19)20)13-15-7-11(21-13)8-4-5-8/h1-3,6-8H,4-5H2,(H2,14,18). The smallest absolute Gasteiger partial charge is 0.325 e. The van der Waals surface area contributed by atoms with E-state index in [1.54, 1.807) is 12.3 Å². The lowest BCUT2D eigenvalue weighted by Crippen LogP contribution is -2.31. The summed E-state index contributed by atoms with van der Waals surface area (Å²) in [4.78, 5) is 28.6. The van der Waals surface area contributed by atoms with Crippen LogP contribution in [0.25, 0.3) is 0 Å². The van der Waals surface area contributed by atoms with Gasteiger partial charge in [-0.05, 0) is 24.8 Å². The highest BCUT2D eigenvalue weighted by Crippen LogP contribution is 2.44. The molecule has 0 spiro atoms. The molecule has 0 unspecified atom stereocenters. The van der Waals surface area contributed by atoms with E-state index < -0.39 is 11.0 Å². The number of nitrogens with zero attached hydrogens (tertiary/aromatic N) is 3. The van der Waals surface area contributed by atoms with E-state index in [0.717, 1.165) is 17.7 Å². The number of non-ortho nitro benzene ring substituents is 1. The Morgan fingerprint density at radius 3 is 2.86 bits per heavy atom. The summed E-state index contributed by atoms with van der Waals surface area (Å²) in [5, 5.41) is 11.3. The molecule has 1 aliphatic carbocycles. The zero-order valence-electron chi connectivity index (χ0n) is 10.9. The van der Waals surface area contributed by atoms with E-state index in [9.17, 15) is 14.9 Å². The van der Waals surface area contributed by atoms with Gasteiger partial charge in [0.2, 0.25) is 0 Å². The summed E-state index contributed by atoms with van der Waals surface area (Å²) in [6.45, 7) is 0. The number of hydrogen-bond acceptors (Lipinski definition) is 5. The molecule has 1 saturated carbocycles. The molecular weight excluding hydrogens is 292 g/mol. The van der Waals surface area contributed by atoms with Crippen LogP contribution in [0.4, 0.5) is 21.3 Å². The quantitative estimate of drug-likeness (QED) is 0.692. The van der Waals surface area contributed by atoms with Crippen LogP contribution in [-0.4, -0.2) is 15.9 Å². The Kier molecular flexibility index (Phi) is 3.30. The van der Waals surface area contributed by atoms with Crippen LogP contribution in [0.1, 0.15) is 23.6 Å². The van der Waals surface area contributed by atoms with Crippen molar-refractivity contribution in [2.24, 2.45) is 5.73 Å². The Labute approximate surface area is 124 Å². The number of urea groups is 1. The first-order chi connectivity index (χ1) is 10.1. The van der Waals surface area contributed by atoms with E-state index in [-0.39, 0.29) is 5.69 Å². The van der Waals surface area contributed by atoms with Gasteiger partial charge in [-0.2, -0.15) is 0 Å². The molecule has 1 aromatic heterocycles. The molecule has 108 valence electrons. The molecule has 0 saturated heterocycles. The topological polar surface area (TPSA) is 102 Å². The zero-order chi connectivity index (χ0) is 15.0. The van der Waals surface area contributed by atoms with Gasteiger partial charge in [0.15, 0.2) is 5.13 Å². The lowest BCUT2D eigenvalue weighted by Gasteiger charge is -2.16. The predicted octanol–water partition coefficient (Wildman–Crippen LogP) is 3.15. The Morgan fingerprint density at radius 2 is 2.24 bits per heavy atom. The summed E-state index contributed by atoms with van der Waals surface area (Å²) in [6, 6.07) is 5.06. The Morgan fingerprint density at radius 1 is 1.48 bits per heavy atom. The number of benzene rings is 1. The molecule has 2 aromatic rings. The number of hydrogen-bond donors (Lipinski definition) is 1. The second-order valence-electron chi connectivity index (χ2n) is 4.77. The van der Waals surface area contributed by atoms with Crippen molar-refractivity contribution in [1.29, 1.82) is 0 Å².